The van der Waals surface area contributed by atoms with E-state index >= 15 is 0 Å². The minimum Gasteiger partial charge on any atom is -0.309 e. The minimum atomic E-state index is 0.574. The monoisotopic (exact) mass is 353 g/mol. The molecule has 0 radical (unpaired) electrons. The molecule has 1 atom stereocenters. The molecule has 5 nitrogen and oxygen atoms in total. The first-order valence-corrected chi connectivity index (χ1v) is 9.32. The smallest absolute Gasteiger partial charge is 0.196 e. The molecule has 0 spiro atoms. The zero-order valence-corrected chi connectivity index (χ0v) is 15.6. The molecule has 0 amide bonds. The van der Waals surface area contributed by atoms with Gasteiger partial charge in [0, 0.05) is 35.9 Å². The molecule has 0 unspecified atom stereocenters. The number of para-hydroxylation sites is 1. The van der Waals surface area contributed by atoms with Gasteiger partial charge in [-0.05, 0) is 44.3 Å². The van der Waals surface area contributed by atoms with Crippen molar-refractivity contribution >= 4 is 11.8 Å². The van der Waals surface area contributed by atoms with Gasteiger partial charge in [0.25, 0.3) is 0 Å². The van der Waals surface area contributed by atoms with Crippen LogP contribution in [-0.2, 0) is 0 Å². The summed E-state index contributed by atoms with van der Waals surface area (Å²) in [6, 6.07) is 14.2. The van der Waals surface area contributed by atoms with Crippen LogP contribution in [0.4, 0.5) is 0 Å². The van der Waals surface area contributed by atoms with Gasteiger partial charge in [-0.15, -0.1) is 10.2 Å². The van der Waals surface area contributed by atoms with Crippen molar-refractivity contribution in [1.82, 2.24) is 24.6 Å². The summed E-state index contributed by atoms with van der Waals surface area (Å²) >= 11 is 1.75. The number of aromatic nitrogens is 4. The molecule has 25 heavy (non-hydrogen) atoms. The van der Waals surface area contributed by atoms with Crippen LogP contribution in [0.3, 0.4) is 0 Å². The Kier molecular flexibility index (Phi) is 5.83. The fourth-order valence-electron chi connectivity index (χ4n) is 2.75. The van der Waals surface area contributed by atoms with Crippen LogP contribution in [0.15, 0.2) is 60.0 Å². The first-order chi connectivity index (χ1) is 12.1. The summed E-state index contributed by atoms with van der Waals surface area (Å²) in [5, 5.41) is 9.84. The topological polar surface area (TPSA) is 46.8 Å². The van der Waals surface area contributed by atoms with E-state index < -0.39 is 0 Å². The largest absolute Gasteiger partial charge is 0.309 e. The number of benzene rings is 1. The Morgan fingerprint density at radius 3 is 2.44 bits per heavy atom. The number of thioether (sulfide) groups is 1. The Balaban J connectivity index is 1.92. The molecule has 0 aliphatic carbocycles. The summed E-state index contributed by atoms with van der Waals surface area (Å²) in [6.07, 6.45) is 3.57. The van der Waals surface area contributed by atoms with E-state index in [1.807, 2.05) is 30.3 Å². The third-order valence-corrected chi connectivity index (χ3v) is 5.02. The van der Waals surface area contributed by atoms with E-state index in [2.05, 4.69) is 57.8 Å². The van der Waals surface area contributed by atoms with Gasteiger partial charge in [0.05, 0.1) is 0 Å². The molecule has 3 rings (SSSR count). The first-order valence-electron chi connectivity index (χ1n) is 8.34. The van der Waals surface area contributed by atoms with Gasteiger partial charge >= 0.3 is 0 Å². The molecule has 0 aliphatic rings. The average molecular weight is 353 g/mol. The van der Waals surface area contributed by atoms with E-state index in [-0.39, 0.29) is 0 Å². The van der Waals surface area contributed by atoms with Gasteiger partial charge in [0.2, 0.25) is 0 Å². The van der Waals surface area contributed by atoms with Crippen LogP contribution in [0, 0.1) is 5.92 Å². The highest BCUT2D eigenvalue weighted by Gasteiger charge is 2.17. The van der Waals surface area contributed by atoms with Crippen LogP contribution in [-0.4, -0.2) is 51.0 Å². The Morgan fingerprint density at radius 1 is 1.04 bits per heavy atom. The lowest BCUT2D eigenvalue weighted by molar-refractivity contribution is 0.356. The van der Waals surface area contributed by atoms with E-state index in [9.17, 15) is 0 Å². The van der Waals surface area contributed by atoms with Gasteiger partial charge in [0.1, 0.15) is 0 Å². The fourth-order valence-corrected chi connectivity index (χ4v) is 3.71. The number of rotatable bonds is 7. The molecule has 0 N–H and O–H groups in total. The lowest BCUT2D eigenvalue weighted by atomic mass is 10.2. The van der Waals surface area contributed by atoms with Crippen molar-refractivity contribution in [1.29, 1.82) is 0 Å². The zero-order valence-electron chi connectivity index (χ0n) is 14.8. The van der Waals surface area contributed by atoms with Crippen LogP contribution in [0.25, 0.3) is 17.1 Å². The van der Waals surface area contributed by atoms with E-state index in [4.69, 9.17) is 0 Å². The van der Waals surface area contributed by atoms with Crippen molar-refractivity contribution in [3.05, 3.63) is 54.9 Å². The average Bonchev–Trinajstić information content (AvgIpc) is 3.05. The van der Waals surface area contributed by atoms with Gasteiger partial charge in [0.15, 0.2) is 11.0 Å². The molecule has 3 aromatic rings. The Labute approximate surface area is 153 Å². The summed E-state index contributed by atoms with van der Waals surface area (Å²) in [7, 11) is 4.21. The van der Waals surface area contributed by atoms with Crippen LogP contribution < -0.4 is 0 Å². The molecule has 6 heteroatoms. The third-order valence-electron chi connectivity index (χ3n) is 3.76. The SMILES string of the molecule is C[C@H](CSc1nnc(-c2ccncc2)n1-c1ccccc1)CN(C)C. The third kappa shape index (κ3) is 4.46. The molecule has 0 fully saturated rings. The van der Waals surface area contributed by atoms with Crippen molar-refractivity contribution < 1.29 is 0 Å². The summed E-state index contributed by atoms with van der Waals surface area (Å²) < 4.78 is 2.13. The van der Waals surface area contributed by atoms with Crippen molar-refractivity contribution in [3.8, 4) is 17.1 Å². The lowest BCUT2D eigenvalue weighted by Gasteiger charge is -2.16. The molecule has 0 saturated carbocycles. The molecule has 2 aromatic heterocycles. The van der Waals surface area contributed by atoms with Gasteiger partial charge in [-0.3, -0.25) is 9.55 Å². The lowest BCUT2D eigenvalue weighted by Crippen LogP contribution is -2.21. The Bertz CT molecular complexity index is 786. The standard InChI is InChI=1S/C19H23N5S/c1-15(13-23(2)3)14-25-19-22-21-18(16-9-11-20-12-10-16)24(19)17-7-5-4-6-8-17/h4-12,15H,13-14H2,1-3H3/t15-/m0/s1. The van der Waals surface area contributed by atoms with Gasteiger partial charge in [-0.1, -0.05) is 36.9 Å². The quantitative estimate of drug-likeness (QED) is 0.607. The van der Waals surface area contributed by atoms with Gasteiger partial charge < -0.3 is 4.90 Å². The molecule has 0 saturated heterocycles. The highest BCUT2D eigenvalue weighted by molar-refractivity contribution is 7.99. The minimum absolute atomic E-state index is 0.574. The molecule has 130 valence electrons. The second-order valence-corrected chi connectivity index (χ2v) is 7.38. The number of nitrogens with zero attached hydrogens (tertiary/aromatic N) is 5. The van der Waals surface area contributed by atoms with E-state index in [1.165, 1.54) is 0 Å². The maximum Gasteiger partial charge on any atom is 0.196 e. The summed E-state index contributed by atoms with van der Waals surface area (Å²) in [5.74, 6) is 2.42. The number of hydrogen-bond acceptors (Lipinski definition) is 5. The predicted octanol–water partition coefficient (Wildman–Crippen LogP) is 3.62. The number of pyridine rings is 1. The van der Waals surface area contributed by atoms with Crippen LogP contribution in [0.5, 0.6) is 0 Å². The fraction of sp³-hybridized carbons (Fsp3) is 0.316. The van der Waals surface area contributed by atoms with E-state index in [0.29, 0.717) is 5.92 Å². The predicted molar refractivity (Wildman–Crippen MR) is 103 cm³/mol. The first kappa shape index (κ1) is 17.6. The highest BCUT2D eigenvalue weighted by atomic mass is 32.2. The second-order valence-electron chi connectivity index (χ2n) is 6.39. The maximum absolute atomic E-state index is 4.46. The molecular weight excluding hydrogens is 330 g/mol. The zero-order chi connectivity index (χ0) is 17.6. The summed E-state index contributed by atoms with van der Waals surface area (Å²) in [6.45, 7) is 3.32. The van der Waals surface area contributed by atoms with Crippen molar-refractivity contribution in [2.75, 3.05) is 26.4 Å². The molecule has 1 aromatic carbocycles. The summed E-state index contributed by atoms with van der Waals surface area (Å²) in [4.78, 5) is 6.32. The van der Waals surface area contributed by atoms with Crippen LogP contribution >= 0.6 is 11.8 Å². The molecule has 0 bridgehead atoms. The normalized spacial score (nSPS) is 12.5. The van der Waals surface area contributed by atoms with E-state index in [0.717, 1.165) is 34.5 Å². The van der Waals surface area contributed by atoms with Gasteiger partial charge in [-0.2, -0.15) is 0 Å². The number of hydrogen-bond donors (Lipinski definition) is 0. The Hall–Kier alpha value is -2.18. The highest BCUT2D eigenvalue weighted by Crippen LogP contribution is 2.28. The van der Waals surface area contributed by atoms with Crippen LogP contribution in [0.1, 0.15) is 6.92 Å². The molecule has 0 aliphatic heterocycles. The molecule has 2 heterocycles. The maximum atomic E-state index is 4.46. The van der Waals surface area contributed by atoms with E-state index in [1.54, 1.807) is 24.2 Å². The van der Waals surface area contributed by atoms with Crippen LogP contribution in [0.2, 0.25) is 0 Å². The second kappa shape index (κ2) is 8.27. The van der Waals surface area contributed by atoms with Crippen molar-refractivity contribution in [2.24, 2.45) is 5.92 Å². The summed E-state index contributed by atoms with van der Waals surface area (Å²) in [5.41, 5.74) is 2.08. The van der Waals surface area contributed by atoms with Crippen molar-refractivity contribution in [3.63, 3.8) is 0 Å². The molecular formula is C19H23N5S. The van der Waals surface area contributed by atoms with Crippen molar-refractivity contribution in [2.45, 2.75) is 12.1 Å². The Morgan fingerprint density at radius 2 is 1.76 bits per heavy atom. The van der Waals surface area contributed by atoms with Gasteiger partial charge in [-0.25, -0.2) is 0 Å².